The van der Waals surface area contributed by atoms with Crippen molar-refractivity contribution in [3.8, 4) is 0 Å². The zero-order valence-corrected chi connectivity index (χ0v) is 15.1. The number of anilines is 1. The number of carbonyl (C=O) groups excluding carboxylic acids is 1. The maximum absolute atomic E-state index is 12.6. The first kappa shape index (κ1) is 17.9. The van der Waals surface area contributed by atoms with Crippen LogP contribution in [0.1, 0.15) is 26.2 Å². The highest BCUT2D eigenvalue weighted by Crippen LogP contribution is 2.36. The maximum Gasteiger partial charge on any atom is 0.227 e. The van der Waals surface area contributed by atoms with Gasteiger partial charge in [0, 0.05) is 5.92 Å². The number of rotatable bonds is 4. The van der Waals surface area contributed by atoms with E-state index in [1.165, 1.54) is 0 Å². The molecule has 2 rings (SSSR count). The molecule has 1 aliphatic rings. The number of carbonyl (C=O) groups is 1. The molecule has 1 atom stereocenters. The highest BCUT2D eigenvalue weighted by atomic mass is 35.5. The molecular weight excluding hydrogens is 343 g/mol. The van der Waals surface area contributed by atoms with E-state index in [4.69, 9.17) is 34.8 Å². The highest BCUT2D eigenvalue weighted by Gasteiger charge is 2.29. The van der Waals surface area contributed by atoms with Gasteiger partial charge in [0.2, 0.25) is 5.91 Å². The number of hydrogen-bond donors (Lipinski definition) is 1. The Bertz CT molecular complexity index is 542. The molecule has 1 saturated heterocycles. The summed E-state index contributed by atoms with van der Waals surface area (Å²) >= 11 is 18.1. The Kier molecular flexibility index (Phi) is 6.39. The minimum Gasteiger partial charge on any atom is -0.324 e. The van der Waals surface area contributed by atoms with Crippen molar-refractivity contribution in [2.45, 2.75) is 26.2 Å². The number of piperidine rings is 1. The molecule has 0 aliphatic carbocycles. The largest absolute Gasteiger partial charge is 0.324 e. The molecule has 1 aromatic rings. The fourth-order valence-corrected chi connectivity index (χ4v) is 3.59. The van der Waals surface area contributed by atoms with Crippen molar-refractivity contribution < 1.29 is 4.79 Å². The SMILES string of the molecule is CCC(C(=O)Nc1ccc(Cl)c(Cl)c1Cl)C1CCN(C)CC1. The first-order chi connectivity index (χ1) is 10.4. The van der Waals surface area contributed by atoms with Crippen molar-refractivity contribution in [2.24, 2.45) is 11.8 Å². The Morgan fingerprint density at radius 3 is 2.50 bits per heavy atom. The molecular formula is C16H21Cl3N2O. The van der Waals surface area contributed by atoms with Gasteiger partial charge in [-0.25, -0.2) is 0 Å². The summed E-state index contributed by atoms with van der Waals surface area (Å²) < 4.78 is 0. The van der Waals surface area contributed by atoms with Crippen LogP contribution in [0.25, 0.3) is 0 Å². The second-order valence-electron chi connectivity index (χ2n) is 5.87. The standard InChI is InChI=1S/C16H21Cl3N2O/c1-3-11(10-6-8-21(2)9-7-10)16(22)20-13-5-4-12(17)14(18)15(13)19/h4-5,10-11H,3,6-9H2,1-2H3,(H,20,22). The third-order valence-electron chi connectivity index (χ3n) is 4.40. The van der Waals surface area contributed by atoms with Gasteiger partial charge in [0.05, 0.1) is 20.8 Å². The number of benzene rings is 1. The summed E-state index contributed by atoms with van der Waals surface area (Å²) in [5.74, 6) is 0.430. The summed E-state index contributed by atoms with van der Waals surface area (Å²) in [4.78, 5) is 14.9. The lowest BCUT2D eigenvalue weighted by molar-refractivity contribution is -0.122. The van der Waals surface area contributed by atoms with Gasteiger partial charge < -0.3 is 10.2 Å². The van der Waals surface area contributed by atoms with E-state index in [9.17, 15) is 4.79 Å². The van der Waals surface area contributed by atoms with E-state index in [0.29, 0.717) is 21.7 Å². The summed E-state index contributed by atoms with van der Waals surface area (Å²) in [6.45, 7) is 4.14. The second kappa shape index (κ2) is 7.87. The van der Waals surface area contributed by atoms with Gasteiger partial charge in [0.1, 0.15) is 0 Å². The Morgan fingerprint density at radius 2 is 1.91 bits per heavy atom. The topological polar surface area (TPSA) is 32.3 Å². The molecule has 1 aliphatic heterocycles. The average Bonchev–Trinajstić information content (AvgIpc) is 2.50. The minimum absolute atomic E-state index is 0.000722. The Morgan fingerprint density at radius 1 is 1.27 bits per heavy atom. The van der Waals surface area contributed by atoms with E-state index >= 15 is 0 Å². The van der Waals surface area contributed by atoms with Crippen LogP contribution in [0.15, 0.2) is 12.1 Å². The van der Waals surface area contributed by atoms with Crippen molar-refractivity contribution in [3.05, 3.63) is 27.2 Å². The summed E-state index contributed by atoms with van der Waals surface area (Å²) in [7, 11) is 2.12. The molecule has 22 heavy (non-hydrogen) atoms. The minimum atomic E-state index is -0.000722. The molecule has 0 radical (unpaired) electrons. The normalized spacial score (nSPS) is 18.2. The van der Waals surface area contributed by atoms with Crippen LogP contribution in [0.3, 0.4) is 0 Å². The van der Waals surface area contributed by atoms with Crippen LogP contribution in [0, 0.1) is 11.8 Å². The third kappa shape index (κ3) is 4.08. The fraction of sp³-hybridized carbons (Fsp3) is 0.562. The molecule has 1 aromatic carbocycles. The van der Waals surface area contributed by atoms with Gasteiger partial charge in [-0.05, 0) is 57.5 Å². The molecule has 1 unspecified atom stereocenters. The first-order valence-corrected chi connectivity index (χ1v) is 8.70. The van der Waals surface area contributed by atoms with Gasteiger partial charge >= 0.3 is 0 Å². The molecule has 1 amide bonds. The van der Waals surface area contributed by atoms with Crippen molar-refractivity contribution in [1.82, 2.24) is 4.90 Å². The van der Waals surface area contributed by atoms with Crippen molar-refractivity contribution in [2.75, 3.05) is 25.5 Å². The lowest BCUT2D eigenvalue weighted by Crippen LogP contribution is -2.37. The van der Waals surface area contributed by atoms with Gasteiger partial charge in [-0.1, -0.05) is 41.7 Å². The molecule has 122 valence electrons. The zero-order chi connectivity index (χ0) is 16.3. The second-order valence-corrected chi connectivity index (χ2v) is 7.03. The summed E-state index contributed by atoms with van der Waals surface area (Å²) in [5.41, 5.74) is 0.521. The van der Waals surface area contributed by atoms with E-state index < -0.39 is 0 Å². The predicted octanol–water partition coefficient (Wildman–Crippen LogP) is 4.95. The third-order valence-corrected chi connectivity index (χ3v) is 5.70. The molecule has 1 heterocycles. The predicted molar refractivity (Wildman–Crippen MR) is 94.1 cm³/mol. The van der Waals surface area contributed by atoms with E-state index in [1.807, 2.05) is 0 Å². The van der Waals surface area contributed by atoms with Crippen LogP contribution >= 0.6 is 34.8 Å². The van der Waals surface area contributed by atoms with E-state index in [0.717, 1.165) is 32.4 Å². The molecule has 0 spiro atoms. The van der Waals surface area contributed by atoms with Gasteiger partial charge in [0.15, 0.2) is 0 Å². The molecule has 3 nitrogen and oxygen atoms in total. The van der Waals surface area contributed by atoms with Crippen LogP contribution in [0.4, 0.5) is 5.69 Å². The lowest BCUT2D eigenvalue weighted by atomic mass is 9.82. The zero-order valence-electron chi connectivity index (χ0n) is 12.8. The van der Waals surface area contributed by atoms with Crippen LogP contribution in [-0.4, -0.2) is 30.9 Å². The Hall–Kier alpha value is -0.480. The highest BCUT2D eigenvalue weighted by molar-refractivity contribution is 6.49. The lowest BCUT2D eigenvalue weighted by Gasteiger charge is -2.33. The maximum atomic E-state index is 12.6. The number of likely N-dealkylation sites (tertiary alicyclic amines) is 1. The number of nitrogens with one attached hydrogen (secondary N) is 1. The molecule has 0 saturated carbocycles. The summed E-state index contributed by atoms with van der Waals surface area (Å²) in [6.07, 6.45) is 2.92. The molecule has 6 heteroatoms. The summed E-state index contributed by atoms with van der Waals surface area (Å²) in [5, 5.41) is 3.86. The smallest absolute Gasteiger partial charge is 0.227 e. The molecule has 1 N–H and O–H groups in total. The fourth-order valence-electron chi connectivity index (χ4n) is 3.01. The van der Waals surface area contributed by atoms with Gasteiger partial charge in [0.25, 0.3) is 0 Å². The first-order valence-electron chi connectivity index (χ1n) is 7.57. The van der Waals surface area contributed by atoms with Crippen molar-refractivity contribution in [3.63, 3.8) is 0 Å². The van der Waals surface area contributed by atoms with E-state index in [1.54, 1.807) is 12.1 Å². The van der Waals surface area contributed by atoms with E-state index in [-0.39, 0.29) is 16.8 Å². The molecule has 1 fully saturated rings. The Labute approximate surface area is 146 Å². The monoisotopic (exact) mass is 362 g/mol. The molecule has 0 aromatic heterocycles. The van der Waals surface area contributed by atoms with Crippen molar-refractivity contribution >= 4 is 46.4 Å². The number of halogens is 3. The van der Waals surface area contributed by atoms with E-state index in [2.05, 4.69) is 24.2 Å². The van der Waals surface area contributed by atoms with Gasteiger partial charge in [-0.3, -0.25) is 4.79 Å². The van der Waals surface area contributed by atoms with Crippen LogP contribution in [0.2, 0.25) is 15.1 Å². The van der Waals surface area contributed by atoms with Crippen LogP contribution < -0.4 is 5.32 Å². The molecule has 0 bridgehead atoms. The number of amides is 1. The number of hydrogen-bond acceptors (Lipinski definition) is 2. The van der Waals surface area contributed by atoms with Gasteiger partial charge in [-0.2, -0.15) is 0 Å². The quantitative estimate of drug-likeness (QED) is 0.767. The van der Waals surface area contributed by atoms with Gasteiger partial charge in [-0.15, -0.1) is 0 Å². The number of nitrogens with zero attached hydrogens (tertiary/aromatic N) is 1. The van der Waals surface area contributed by atoms with Crippen molar-refractivity contribution in [1.29, 1.82) is 0 Å². The Balaban J connectivity index is 2.08. The summed E-state index contributed by atoms with van der Waals surface area (Å²) in [6, 6.07) is 3.33. The average molecular weight is 364 g/mol. The van der Waals surface area contributed by atoms with Crippen LogP contribution in [0.5, 0.6) is 0 Å². The van der Waals surface area contributed by atoms with Crippen LogP contribution in [-0.2, 0) is 4.79 Å².